The number of carbonyl (C=O) groups is 1. The number of thioether (sulfide) groups is 1. The van der Waals surface area contributed by atoms with Crippen molar-refractivity contribution in [2.75, 3.05) is 18.1 Å². The molecule has 24 heavy (non-hydrogen) atoms. The van der Waals surface area contributed by atoms with Crippen LogP contribution in [0.15, 0.2) is 53.4 Å². The molecule has 0 saturated carbocycles. The van der Waals surface area contributed by atoms with E-state index in [-0.39, 0.29) is 17.8 Å². The molecule has 3 nitrogen and oxygen atoms in total. The molecule has 0 aliphatic carbocycles. The average Bonchev–Trinajstić information content (AvgIpc) is 2.58. The van der Waals surface area contributed by atoms with Gasteiger partial charge in [-0.25, -0.2) is 0 Å². The number of anilines is 1. The van der Waals surface area contributed by atoms with E-state index >= 15 is 0 Å². The van der Waals surface area contributed by atoms with Crippen molar-refractivity contribution in [3.8, 4) is 0 Å². The number of esters is 1. The number of fused-ring (bicyclic) bond motifs is 1. The van der Waals surface area contributed by atoms with Crippen molar-refractivity contribution in [2.45, 2.75) is 17.1 Å². The Morgan fingerprint density at radius 3 is 2.71 bits per heavy atom. The number of hydrogen-bond acceptors (Lipinski definition) is 4. The Morgan fingerprint density at radius 2 is 1.96 bits per heavy atom. The van der Waals surface area contributed by atoms with Crippen LogP contribution in [0.2, 0.25) is 5.02 Å². The van der Waals surface area contributed by atoms with Crippen molar-refractivity contribution in [1.82, 2.24) is 0 Å². The number of rotatable bonds is 4. The van der Waals surface area contributed by atoms with Gasteiger partial charge in [-0.3, -0.25) is 4.79 Å². The normalized spacial score (nSPS) is 16.7. The zero-order chi connectivity index (χ0) is 17.1. The van der Waals surface area contributed by atoms with Gasteiger partial charge < -0.3 is 9.64 Å². The third-order valence-corrected chi connectivity index (χ3v) is 5.93. The first kappa shape index (κ1) is 17.3. The molecule has 1 unspecified atom stereocenters. The van der Waals surface area contributed by atoms with E-state index in [9.17, 15) is 4.79 Å². The molecule has 0 saturated heterocycles. The van der Waals surface area contributed by atoms with E-state index in [1.54, 1.807) is 18.7 Å². The van der Waals surface area contributed by atoms with Crippen LogP contribution in [0.1, 0.15) is 17.7 Å². The third-order valence-electron chi connectivity index (χ3n) is 3.67. The highest BCUT2D eigenvalue weighted by atomic mass is 35.5. The maximum atomic E-state index is 12.0. The van der Waals surface area contributed by atoms with E-state index in [1.807, 2.05) is 53.4 Å². The quantitative estimate of drug-likeness (QED) is 0.559. The van der Waals surface area contributed by atoms with Crippen LogP contribution in [0.3, 0.4) is 0 Å². The lowest BCUT2D eigenvalue weighted by atomic mass is 10.1. The summed E-state index contributed by atoms with van der Waals surface area (Å²) in [6, 6.07) is 15.6. The Balaban J connectivity index is 2.00. The minimum absolute atomic E-state index is 0.102. The van der Waals surface area contributed by atoms with Crippen LogP contribution >= 0.6 is 35.6 Å². The molecule has 1 aliphatic rings. The van der Waals surface area contributed by atoms with E-state index < -0.39 is 0 Å². The van der Waals surface area contributed by atoms with E-state index in [4.69, 9.17) is 28.6 Å². The SMILES string of the molecule is CCOC(=O)CN1C(=S)C(c2ccccc2Cl)Sc2ccccc21. The maximum absolute atomic E-state index is 12.0. The molecule has 124 valence electrons. The fourth-order valence-electron chi connectivity index (χ4n) is 2.60. The summed E-state index contributed by atoms with van der Waals surface area (Å²) in [6.45, 7) is 2.25. The van der Waals surface area contributed by atoms with E-state index in [1.165, 1.54) is 0 Å². The van der Waals surface area contributed by atoms with Crippen molar-refractivity contribution in [3.63, 3.8) is 0 Å². The summed E-state index contributed by atoms with van der Waals surface area (Å²) in [5.74, 6) is -0.292. The van der Waals surface area contributed by atoms with Crippen LogP contribution in [0.25, 0.3) is 0 Å². The summed E-state index contributed by atoms with van der Waals surface area (Å²) in [4.78, 5) is 15.6. The molecule has 0 bridgehead atoms. The van der Waals surface area contributed by atoms with Gasteiger partial charge in [0.1, 0.15) is 11.5 Å². The minimum atomic E-state index is -0.292. The predicted molar refractivity (Wildman–Crippen MR) is 103 cm³/mol. The predicted octanol–water partition coefficient (Wildman–Crippen LogP) is 4.88. The van der Waals surface area contributed by atoms with E-state index in [0.29, 0.717) is 16.6 Å². The summed E-state index contributed by atoms with van der Waals surface area (Å²) in [6.07, 6.45) is 0. The molecule has 3 rings (SSSR count). The topological polar surface area (TPSA) is 29.5 Å². The number of nitrogens with zero attached hydrogens (tertiary/aromatic N) is 1. The lowest BCUT2D eigenvalue weighted by Gasteiger charge is -2.36. The van der Waals surface area contributed by atoms with Crippen LogP contribution in [-0.2, 0) is 9.53 Å². The smallest absolute Gasteiger partial charge is 0.325 e. The molecule has 6 heteroatoms. The molecule has 2 aromatic rings. The molecule has 0 spiro atoms. The Kier molecular flexibility index (Phi) is 5.43. The van der Waals surface area contributed by atoms with Crippen molar-refractivity contribution < 1.29 is 9.53 Å². The van der Waals surface area contributed by atoms with Crippen molar-refractivity contribution in [1.29, 1.82) is 0 Å². The van der Waals surface area contributed by atoms with Crippen molar-refractivity contribution in [2.24, 2.45) is 0 Å². The second-order valence-electron chi connectivity index (χ2n) is 5.22. The molecule has 1 aliphatic heterocycles. The van der Waals surface area contributed by atoms with Gasteiger partial charge in [-0.05, 0) is 30.7 Å². The molecular formula is C18H16ClNO2S2. The fourth-order valence-corrected chi connectivity index (χ4v) is 4.61. The second kappa shape index (κ2) is 7.55. The molecule has 0 N–H and O–H groups in total. The number of carbonyl (C=O) groups excluding carboxylic acids is 1. The highest BCUT2D eigenvalue weighted by Gasteiger charge is 2.33. The Bertz CT molecular complexity index is 781. The van der Waals surface area contributed by atoms with Gasteiger partial charge in [0.05, 0.1) is 17.5 Å². The second-order valence-corrected chi connectivity index (χ2v) is 7.19. The maximum Gasteiger partial charge on any atom is 0.325 e. The van der Waals surface area contributed by atoms with Crippen LogP contribution in [0.5, 0.6) is 0 Å². The van der Waals surface area contributed by atoms with E-state index in [2.05, 4.69) is 0 Å². The summed E-state index contributed by atoms with van der Waals surface area (Å²) >= 11 is 13.7. The fraction of sp³-hybridized carbons (Fsp3) is 0.222. The largest absolute Gasteiger partial charge is 0.465 e. The standard InChI is InChI=1S/C18H16ClNO2S2/c1-2-22-16(21)11-20-14-9-5-6-10-15(14)24-17(18(20)23)12-7-3-4-8-13(12)19/h3-10,17H,2,11H2,1H3. The third kappa shape index (κ3) is 3.43. The van der Waals surface area contributed by atoms with Gasteiger partial charge >= 0.3 is 5.97 Å². The molecule has 2 aromatic carbocycles. The van der Waals surface area contributed by atoms with Crippen molar-refractivity contribution >= 4 is 52.2 Å². The lowest BCUT2D eigenvalue weighted by molar-refractivity contribution is -0.141. The van der Waals surface area contributed by atoms with Crippen LogP contribution in [0, 0.1) is 0 Å². The summed E-state index contributed by atoms with van der Waals surface area (Å²) in [7, 11) is 0. The Morgan fingerprint density at radius 1 is 1.25 bits per heavy atom. The van der Waals surface area contributed by atoms with Crippen molar-refractivity contribution in [3.05, 3.63) is 59.1 Å². The molecule has 0 fully saturated rings. The van der Waals surface area contributed by atoms with Crippen LogP contribution < -0.4 is 4.90 Å². The summed E-state index contributed by atoms with van der Waals surface area (Å²) < 4.78 is 5.10. The number of para-hydroxylation sites is 1. The van der Waals surface area contributed by atoms with Crippen LogP contribution in [-0.4, -0.2) is 24.1 Å². The number of benzene rings is 2. The zero-order valence-electron chi connectivity index (χ0n) is 13.1. The number of ether oxygens (including phenoxy) is 1. The van der Waals surface area contributed by atoms with Gasteiger partial charge in [-0.2, -0.15) is 0 Å². The Labute approximate surface area is 155 Å². The van der Waals surface area contributed by atoms with Crippen LogP contribution in [0.4, 0.5) is 5.69 Å². The Hall–Kier alpha value is -1.56. The number of halogens is 1. The lowest BCUT2D eigenvalue weighted by Crippen LogP contribution is -2.40. The molecular weight excluding hydrogens is 362 g/mol. The molecule has 1 atom stereocenters. The van der Waals surface area contributed by atoms with Gasteiger partial charge in [0.2, 0.25) is 0 Å². The van der Waals surface area contributed by atoms with E-state index in [0.717, 1.165) is 16.1 Å². The summed E-state index contributed by atoms with van der Waals surface area (Å²) in [5, 5.41) is 0.561. The first-order valence-corrected chi connectivity index (χ1v) is 9.25. The van der Waals surface area contributed by atoms with Gasteiger partial charge in [0, 0.05) is 9.92 Å². The molecule has 0 aromatic heterocycles. The highest BCUT2D eigenvalue weighted by Crippen LogP contribution is 2.48. The van der Waals surface area contributed by atoms with Gasteiger partial charge in [-0.1, -0.05) is 54.2 Å². The monoisotopic (exact) mass is 377 g/mol. The molecule has 1 heterocycles. The van der Waals surface area contributed by atoms with Gasteiger partial charge in [0.15, 0.2) is 0 Å². The highest BCUT2D eigenvalue weighted by molar-refractivity contribution is 8.01. The van der Waals surface area contributed by atoms with Gasteiger partial charge in [0.25, 0.3) is 0 Å². The molecule has 0 radical (unpaired) electrons. The minimum Gasteiger partial charge on any atom is -0.465 e. The molecule has 0 amide bonds. The first-order valence-electron chi connectivity index (χ1n) is 7.59. The summed E-state index contributed by atoms with van der Waals surface area (Å²) in [5.41, 5.74) is 1.89. The number of hydrogen-bond donors (Lipinski definition) is 0. The average molecular weight is 378 g/mol. The zero-order valence-corrected chi connectivity index (χ0v) is 15.5. The number of thiocarbonyl (C=S) groups is 1. The first-order chi connectivity index (χ1) is 11.6. The van der Waals surface area contributed by atoms with Gasteiger partial charge in [-0.15, -0.1) is 11.8 Å².